The summed E-state index contributed by atoms with van der Waals surface area (Å²) in [6, 6.07) is 3.98. The molecule has 0 saturated heterocycles. The van der Waals surface area contributed by atoms with Gasteiger partial charge in [0.15, 0.2) is 11.5 Å². The molecular formula is C16H23ClN2O3. The molecule has 0 radical (unpaired) electrons. The number of ether oxygens (including phenoxy) is 2. The fourth-order valence-corrected chi connectivity index (χ4v) is 3.14. The minimum absolute atomic E-state index is 0. The van der Waals surface area contributed by atoms with Crippen LogP contribution in [-0.4, -0.2) is 37.1 Å². The summed E-state index contributed by atoms with van der Waals surface area (Å²) in [7, 11) is 3.26. The molecule has 2 aliphatic rings. The van der Waals surface area contributed by atoms with Crippen molar-refractivity contribution in [3.63, 3.8) is 0 Å². The highest BCUT2D eigenvalue weighted by atomic mass is 35.5. The Labute approximate surface area is 137 Å². The number of nitrogens with zero attached hydrogens (tertiary/aromatic N) is 1. The molecule has 122 valence electrons. The van der Waals surface area contributed by atoms with E-state index in [2.05, 4.69) is 0 Å². The Hall–Kier alpha value is -1.46. The number of hydrogen-bond acceptors (Lipinski definition) is 4. The Bertz CT molecular complexity index is 573. The van der Waals surface area contributed by atoms with E-state index in [0.717, 1.165) is 43.5 Å². The smallest absolute Gasteiger partial charge is 0.242 e. The van der Waals surface area contributed by atoms with Gasteiger partial charge in [-0.15, -0.1) is 12.4 Å². The molecule has 3 rings (SSSR count). The normalized spacial score (nSPS) is 18.6. The van der Waals surface area contributed by atoms with Crippen LogP contribution in [0.2, 0.25) is 0 Å². The van der Waals surface area contributed by atoms with Gasteiger partial charge >= 0.3 is 0 Å². The standard InChI is InChI=1S/C16H22N2O3.ClH/c1-20-13-8-11-4-7-18(10-12(11)9-14(13)21-2)15(19)16(17)5-3-6-16;/h8-9H,3-7,10,17H2,1-2H3;1H. The van der Waals surface area contributed by atoms with Crippen LogP contribution in [0, 0.1) is 0 Å². The second-order valence-electron chi connectivity index (χ2n) is 5.96. The van der Waals surface area contributed by atoms with E-state index in [1.807, 2.05) is 17.0 Å². The van der Waals surface area contributed by atoms with E-state index in [1.54, 1.807) is 14.2 Å². The van der Waals surface area contributed by atoms with Gasteiger partial charge in [0.2, 0.25) is 5.91 Å². The average Bonchev–Trinajstić information content (AvgIpc) is 2.49. The van der Waals surface area contributed by atoms with E-state index in [4.69, 9.17) is 15.2 Å². The lowest BCUT2D eigenvalue weighted by atomic mass is 9.76. The number of amides is 1. The maximum atomic E-state index is 12.5. The molecule has 0 aromatic heterocycles. The molecule has 1 fully saturated rings. The molecule has 5 nitrogen and oxygen atoms in total. The monoisotopic (exact) mass is 326 g/mol. The molecule has 0 atom stereocenters. The largest absolute Gasteiger partial charge is 0.493 e. The van der Waals surface area contributed by atoms with Gasteiger partial charge in [-0.2, -0.15) is 0 Å². The van der Waals surface area contributed by atoms with Gasteiger partial charge in [-0.1, -0.05) is 0 Å². The first-order chi connectivity index (χ1) is 10.1. The molecule has 1 aliphatic carbocycles. The fraction of sp³-hybridized carbons (Fsp3) is 0.562. The number of hydrogen-bond donors (Lipinski definition) is 1. The topological polar surface area (TPSA) is 64.8 Å². The van der Waals surface area contributed by atoms with Crippen LogP contribution in [0.5, 0.6) is 11.5 Å². The van der Waals surface area contributed by atoms with Crippen molar-refractivity contribution in [2.75, 3.05) is 20.8 Å². The number of fused-ring (bicyclic) bond motifs is 1. The molecule has 1 aromatic carbocycles. The quantitative estimate of drug-likeness (QED) is 0.921. The average molecular weight is 327 g/mol. The molecule has 0 spiro atoms. The summed E-state index contributed by atoms with van der Waals surface area (Å²) in [6.07, 6.45) is 3.50. The number of rotatable bonds is 3. The molecule has 1 amide bonds. The van der Waals surface area contributed by atoms with Crippen molar-refractivity contribution in [1.29, 1.82) is 0 Å². The molecule has 2 N–H and O–H groups in total. The van der Waals surface area contributed by atoms with Crippen LogP contribution in [0.25, 0.3) is 0 Å². The van der Waals surface area contributed by atoms with Crippen molar-refractivity contribution in [3.05, 3.63) is 23.3 Å². The van der Waals surface area contributed by atoms with Crippen LogP contribution in [0.3, 0.4) is 0 Å². The minimum Gasteiger partial charge on any atom is -0.493 e. The Kier molecular flexibility index (Phi) is 4.87. The van der Waals surface area contributed by atoms with Crippen LogP contribution in [-0.2, 0) is 17.8 Å². The second kappa shape index (κ2) is 6.34. The lowest BCUT2D eigenvalue weighted by molar-refractivity contribution is -0.141. The summed E-state index contributed by atoms with van der Waals surface area (Å²) in [5, 5.41) is 0. The van der Waals surface area contributed by atoms with E-state index < -0.39 is 5.54 Å². The summed E-state index contributed by atoms with van der Waals surface area (Å²) in [5.74, 6) is 1.54. The highest BCUT2D eigenvalue weighted by Gasteiger charge is 2.43. The molecule has 1 heterocycles. The lowest BCUT2D eigenvalue weighted by Crippen LogP contribution is -2.60. The number of nitrogens with two attached hydrogens (primary N) is 1. The van der Waals surface area contributed by atoms with Crippen LogP contribution >= 0.6 is 12.4 Å². The third-order valence-corrected chi connectivity index (χ3v) is 4.68. The highest BCUT2D eigenvalue weighted by Crippen LogP contribution is 2.36. The van der Waals surface area contributed by atoms with Crippen molar-refractivity contribution in [2.24, 2.45) is 5.73 Å². The van der Waals surface area contributed by atoms with E-state index in [-0.39, 0.29) is 18.3 Å². The Morgan fingerprint density at radius 3 is 2.27 bits per heavy atom. The first-order valence-corrected chi connectivity index (χ1v) is 7.39. The van der Waals surface area contributed by atoms with Gasteiger partial charge in [0.05, 0.1) is 19.8 Å². The molecule has 6 heteroatoms. The predicted molar refractivity (Wildman–Crippen MR) is 86.7 cm³/mol. The molecular weight excluding hydrogens is 304 g/mol. The maximum Gasteiger partial charge on any atom is 0.242 e. The zero-order chi connectivity index (χ0) is 15.0. The molecule has 1 aliphatic heterocycles. The Balaban J connectivity index is 0.00000176. The van der Waals surface area contributed by atoms with Crippen molar-refractivity contribution in [2.45, 2.75) is 37.8 Å². The molecule has 22 heavy (non-hydrogen) atoms. The van der Waals surface area contributed by atoms with Crippen molar-refractivity contribution < 1.29 is 14.3 Å². The van der Waals surface area contributed by atoms with E-state index in [1.165, 1.54) is 5.56 Å². The first-order valence-electron chi connectivity index (χ1n) is 7.39. The van der Waals surface area contributed by atoms with Crippen molar-refractivity contribution >= 4 is 18.3 Å². The molecule has 0 unspecified atom stereocenters. The molecule has 1 aromatic rings. The number of methoxy groups -OCH3 is 2. The second-order valence-corrected chi connectivity index (χ2v) is 5.96. The fourth-order valence-electron chi connectivity index (χ4n) is 3.14. The lowest BCUT2D eigenvalue weighted by Gasteiger charge is -2.42. The number of halogens is 1. The van der Waals surface area contributed by atoms with Crippen LogP contribution in [0.15, 0.2) is 12.1 Å². The zero-order valence-electron chi connectivity index (χ0n) is 13.1. The van der Waals surface area contributed by atoms with Gasteiger partial charge in [-0.25, -0.2) is 0 Å². The zero-order valence-corrected chi connectivity index (χ0v) is 13.9. The van der Waals surface area contributed by atoms with E-state index >= 15 is 0 Å². The summed E-state index contributed by atoms with van der Waals surface area (Å²) >= 11 is 0. The van der Waals surface area contributed by atoms with Gasteiger partial charge in [0, 0.05) is 13.1 Å². The molecule has 0 bridgehead atoms. The number of carbonyl (C=O) groups is 1. The van der Waals surface area contributed by atoms with Crippen molar-refractivity contribution in [3.8, 4) is 11.5 Å². The van der Waals surface area contributed by atoms with Crippen molar-refractivity contribution in [1.82, 2.24) is 4.90 Å². The number of benzene rings is 1. The summed E-state index contributed by atoms with van der Waals surface area (Å²) in [5.41, 5.74) is 7.89. The van der Waals surface area contributed by atoms with Crippen LogP contribution in [0.1, 0.15) is 30.4 Å². The molecule has 1 saturated carbocycles. The van der Waals surface area contributed by atoms with Gasteiger partial charge in [0.1, 0.15) is 0 Å². The summed E-state index contributed by atoms with van der Waals surface area (Å²) in [4.78, 5) is 14.4. The minimum atomic E-state index is -0.617. The first kappa shape index (κ1) is 16.9. The van der Waals surface area contributed by atoms with Gasteiger partial charge < -0.3 is 20.1 Å². The van der Waals surface area contributed by atoms with Gasteiger partial charge in [-0.05, 0) is 48.9 Å². The predicted octanol–water partition coefficient (Wildman–Crippen LogP) is 1.89. The number of carbonyl (C=O) groups excluding carboxylic acids is 1. The van der Waals surface area contributed by atoms with Crippen LogP contribution in [0.4, 0.5) is 0 Å². The SMILES string of the molecule is COc1cc2c(cc1OC)CN(C(=O)C1(N)CCC1)CC2.Cl. The Morgan fingerprint density at radius 1 is 1.18 bits per heavy atom. The van der Waals surface area contributed by atoms with Gasteiger partial charge in [-0.3, -0.25) is 4.79 Å². The van der Waals surface area contributed by atoms with E-state index in [0.29, 0.717) is 12.3 Å². The summed E-state index contributed by atoms with van der Waals surface area (Å²) < 4.78 is 10.7. The summed E-state index contributed by atoms with van der Waals surface area (Å²) in [6.45, 7) is 1.33. The highest BCUT2D eigenvalue weighted by molar-refractivity contribution is 5.87. The Morgan fingerprint density at radius 2 is 1.77 bits per heavy atom. The van der Waals surface area contributed by atoms with E-state index in [9.17, 15) is 4.79 Å². The van der Waals surface area contributed by atoms with Crippen LogP contribution < -0.4 is 15.2 Å². The third kappa shape index (κ3) is 2.75. The third-order valence-electron chi connectivity index (χ3n) is 4.68. The van der Waals surface area contributed by atoms with Gasteiger partial charge in [0.25, 0.3) is 0 Å². The maximum absolute atomic E-state index is 12.5.